The van der Waals surface area contributed by atoms with Gasteiger partial charge in [-0.1, -0.05) is 11.6 Å². The van der Waals surface area contributed by atoms with E-state index < -0.39 is 0 Å². The number of nitrogens with zero attached hydrogens (tertiary/aromatic N) is 6. The highest BCUT2D eigenvalue weighted by Crippen LogP contribution is 2.31. The van der Waals surface area contributed by atoms with Crippen molar-refractivity contribution < 1.29 is 4.79 Å². The molecule has 1 aromatic carbocycles. The van der Waals surface area contributed by atoms with Crippen LogP contribution in [0.15, 0.2) is 42.9 Å². The minimum atomic E-state index is -0.145. The van der Waals surface area contributed by atoms with Crippen molar-refractivity contribution in [3.8, 4) is 11.6 Å². The Balaban J connectivity index is 1.47. The lowest BCUT2D eigenvalue weighted by Crippen LogP contribution is -2.39. The average molecular weight is 385 g/mol. The highest BCUT2D eigenvalue weighted by atomic mass is 16.2. The quantitative estimate of drug-likeness (QED) is 0.569. The van der Waals surface area contributed by atoms with E-state index in [-0.39, 0.29) is 11.9 Å². The molecule has 1 aliphatic heterocycles. The van der Waals surface area contributed by atoms with Gasteiger partial charge in [0.15, 0.2) is 17.3 Å². The van der Waals surface area contributed by atoms with Crippen LogP contribution in [-0.2, 0) is 6.42 Å². The number of hydrogen-bond acceptors (Lipinski definition) is 6. The maximum Gasteiger partial charge on any atom is 0.275 e. The Hall–Kier alpha value is -3.68. The molecule has 0 spiro atoms. The summed E-state index contributed by atoms with van der Waals surface area (Å²) in [4.78, 5) is 32.6. The van der Waals surface area contributed by atoms with E-state index in [1.54, 1.807) is 24.7 Å². The fraction of sp³-hybridized carbons (Fsp3) is 0.238. The number of aromatic nitrogens is 6. The number of H-pyrrole nitrogens is 1. The van der Waals surface area contributed by atoms with Crippen LogP contribution in [0.3, 0.4) is 0 Å². The predicted octanol–water partition coefficient (Wildman–Crippen LogP) is 2.88. The Bertz CT molecular complexity index is 1220. The van der Waals surface area contributed by atoms with E-state index >= 15 is 0 Å². The molecule has 1 unspecified atom stereocenters. The van der Waals surface area contributed by atoms with E-state index in [0.29, 0.717) is 30.3 Å². The van der Waals surface area contributed by atoms with Crippen LogP contribution in [0.25, 0.3) is 22.6 Å². The molecule has 0 saturated carbocycles. The van der Waals surface area contributed by atoms with E-state index in [9.17, 15) is 4.79 Å². The number of benzene rings is 1. The van der Waals surface area contributed by atoms with Crippen LogP contribution in [0.4, 0.5) is 0 Å². The SMILES string of the molecule is Cc1ccc2[nH]nc(C(=O)N3CCc4nc(-c5ncccn5)ncc4C3C)c2c1. The maximum absolute atomic E-state index is 13.3. The van der Waals surface area contributed by atoms with E-state index in [0.717, 1.165) is 27.7 Å². The Kier molecular flexibility index (Phi) is 4.04. The Morgan fingerprint density at radius 3 is 2.83 bits per heavy atom. The van der Waals surface area contributed by atoms with Gasteiger partial charge in [-0.05, 0) is 32.0 Å². The molecule has 8 heteroatoms. The molecular formula is C21H19N7O. The molecule has 0 radical (unpaired) electrons. The molecular weight excluding hydrogens is 366 g/mol. The van der Waals surface area contributed by atoms with Gasteiger partial charge in [0.1, 0.15) is 0 Å². The normalized spacial score (nSPS) is 16.1. The highest BCUT2D eigenvalue weighted by molar-refractivity contribution is 6.05. The lowest BCUT2D eigenvalue weighted by atomic mass is 9.98. The molecule has 1 N–H and O–H groups in total. The van der Waals surface area contributed by atoms with E-state index in [1.807, 2.05) is 36.9 Å². The zero-order chi connectivity index (χ0) is 20.0. The number of fused-ring (bicyclic) bond motifs is 2. The second-order valence-electron chi connectivity index (χ2n) is 7.21. The van der Waals surface area contributed by atoms with Crippen molar-refractivity contribution >= 4 is 16.8 Å². The summed E-state index contributed by atoms with van der Waals surface area (Å²) in [5.74, 6) is 0.917. The maximum atomic E-state index is 13.3. The van der Waals surface area contributed by atoms with E-state index in [2.05, 4.69) is 30.1 Å². The average Bonchev–Trinajstić information content (AvgIpc) is 3.17. The van der Waals surface area contributed by atoms with Gasteiger partial charge in [0.25, 0.3) is 5.91 Å². The number of amides is 1. The number of nitrogens with one attached hydrogen (secondary N) is 1. The molecule has 0 aliphatic carbocycles. The topological polar surface area (TPSA) is 101 Å². The molecule has 29 heavy (non-hydrogen) atoms. The summed E-state index contributed by atoms with van der Waals surface area (Å²) < 4.78 is 0. The van der Waals surface area contributed by atoms with Gasteiger partial charge in [-0.2, -0.15) is 5.10 Å². The van der Waals surface area contributed by atoms with E-state index in [4.69, 9.17) is 0 Å². The van der Waals surface area contributed by atoms with Crippen LogP contribution in [0, 0.1) is 6.92 Å². The summed E-state index contributed by atoms with van der Waals surface area (Å²) in [6.45, 7) is 4.57. The van der Waals surface area contributed by atoms with Crippen LogP contribution in [0.2, 0.25) is 0 Å². The van der Waals surface area contributed by atoms with Crippen LogP contribution in [0.1, 0.15) is 40.3 Å². The van der Waals surface area contributed by atoms with Gasteiger partial charge in [0, 0.05) is 42.5 Å². The highest BCUT2D eigenvalue weighted by Gasteiger charge is 2.31. The van der Waals surface area contributed by atoms with Gasteiger partial charge in [-0.3, -0.25) is 9.89 Å². The van der Waals surface area contributed by atoms with Crippen molar-refractivity contribution in [3.63, 3.8) is 0 Å². The molecule has 0 bridgehead atoms. The monoisotopic (exact) mass is 385 g/mol. The summed E-state index contributed by atoms with van der Waals surface area (Å²) in [6.07, 6.45) is 5.77. The fourth-order valence-electron chi connectivity index (χ4n) is 3.79. The van der Waals surface area contributed by atoms with Crippen molar-refractivity contribution in [3.05, 3.63) is 65.4 Å². The number of hydrogen-bond donors (Lipinski definition) is 1. The van der Waals surface area contributed by atoms with Crippen LogP contribution < -0.4 is 0 Å². The first-order valence-electron chi connectivity index (χ1n) is 9.50. The van der Waals surface area contributed by atoms with Gasteiger partial charge < -0.3 is 4.90 Å². The lowest BCUT2D eigenvalue weighted by Gasteiger charge is -2.34. The van der Waals surface area contributed by atoms with Gasteiger partial charge >= 0.3 is 0 Å². The third-order valence-electron chi connectivity index (χ3n) is 5.35. The van der Waals surface area contributed by atoms with Crippen molar-refractivity contribution in [2.24, 2.45) is 0 Å². The van der Waals surface area contributed by atoms with Crippen LogP contribution >= 0.6 is 0 Å². The first kappa shape index (κ1) is 17.4. The van der Waals surface area contributed by atoms with Gasteiger partial charge in [0.2, 0.25) is 0 Å². The molecule has 3 aromatic heterocycles. The number of rotatable bonds is 2. The summed E-state index contributed by atoms with van der Waals surface area (Å²) >= 11 is 0. The number of aryl methyl sites for hydroxylation is 1. The zero-order valence-electron chi connectivity index (χ0n) is 16.1. The lowest BCUT2D eigenvalue weighted by molar-refractivity contribution is 0.0671. The number of carbonyl (C=O) groups excluding carboxylic acids is 1. The molecule has 0 saturated heterocycles. The molecule has 144 valence electrons. The Labute approximate surface area is 167 Å². The second kappa shape index (κ2) is 6.73. The van der Waals surface area contributed by atoms with Gasteiger partial charge in [-0.15, -0.1) is 0 Å². The molecule has 4 heterocycles. The van der Waals surface area contributed by atoms with Gasteiger partial charge in [-0.25, -0.2) is 19.9 Å². The molecule has 0 fully saturated rings. The standard InChI is InChI=1S/C21H19N7O/c1-12-4-5-17-14(10-12)18(27-26-17)21(29)28-9-6-16-15(13(28)2)11-24-20(25-16)19-22-7-3-8-23-19/h3-5,7-8,10-11,13H,6,9H2,1-2H3,(H,26,27). The minimum absolute atomic E-state index is 0.0875. The first-order valence-corrected chi connectivity index (χ1v) is 9.50. The van der Waals surface area contributed by atoms with Crippen molar-refractivity contribution in [1.29, 1.82) is 0 Å². The van der Waals surface area contributed by atoms with Crippen molar-refractivity contribution in [1.82, 2.24) is 35.0 Å². The van der Waals surface area contributed by atoms with Crippen LogP contribution in [-0.4, -0.2) is 47.5 Å². The molecule has 5 rings (SSSR count). The molecule has 1 amide bonds. The smallest absolute Gasteiger partial charge is 0.275 e. The summed E-state index contributed by atoms with van der Waals surface area (Å²) in [5, 5.41) is 8.10. The third-order valence-corrected chi connectivity index (χ3v) is 5.35. The predicted molar refractivity (Wildman–Crippen MR) is 107 cm³/mol. The Morgan fingerprint density at radius 1 is 1.17 bits per heavy atom. The zero-order valence-corrected chi connectivity index (χ0v) is 16.1. The minimum Gasteiger partial charge on any atom is -0.330 e. The molecule has 1 atom stereocenters. The first-order chi connectivity index (χ1) is 14.1. The largest absolute Gasteiger partial charge is 0.330 e. The van der Waals surface area contributed by atoms with Crippen LogP contribution in [0.5, 0.6) is 0 Å². The molecule has 1 aliphatic rings. The van der Waals surface area contributed by atoms with E-state index in [1.165, 1.54) is 0 Å². The van der Waals surface area contributed by atoms with Crippen molar-refractivity contribution in [2.45, 2.75) is 26.3 Å². The fourth-order valence-corrected chi connectivity index (χ4v) is 3.79. The summed E-state index contributed by atoms with van der Waals surface area (Å²) in [6, 6.07) is 7.55. The Morgan fingerprint density at radius 2 is 2.00 bits per heavy atom. The third kappa shape index (κ3) is 2.93. The van der Waals surface area contributed by atoms with Crippen molar-refractivity contribution in [2.75, 3.05) is 6.54 Å². The summed E-state index contributed by atoms with van der Waals surface area (Å²) in [7, 11) is 0. The summed E-state index contributed by atoms with van der Waals surface area (Å²) in [5.41, 5.74) is 4.28. The van der Waals surface area contributed by atoms with Gasteiger partial charge in [0.05, 0.1) is 17.3 Å². The second-order valence-corrected chi connectivity index (χ2v) is 7.21. The number of carbonyl (C=O) groups is 1. The molecule has 4 aromatic rings. The molecule has 8 nitrogen and oxygen atoms in total. The number of aromatic amines is 1.